The zero-order chi connectivity index (χ0) is 18.6. The lowest BCUT2D eigenvalue weighted by atomic mass is 9.77. The molecule has 4 saturated heterocycles. The molecule has 5 rings (SSSR count). The van der Waals surface area contributed by atoms with E-state index in [-0.39, 0.29) is 23.4 Å². The van der Waals surface area contributed by atoms with Gasteiger partial charge in [-0.05, 0) is 59.5 Å². The smallest absolute Gasteiger partial charge is 0.172 e. The van der Waals surface area contributed by atoms with E-state index in [9.17, 15) is 0 Å². The van der Waals surface area contributed by atoms with Crippen LogP contribution in [0.3, 0.4) is 0 Å². The molecule has 0 aromatic carbocycles. The summed E-state index contributed by atoms with van der Waals surface area (Å²) in [7, 11) is 0. The van der Waals surface area contributed by atoms with Gasteiger partial charge in [0, 0.05) is 18.8 Å². The van der Waals surface area contributed by atoms with Gasteiger partial charge in [-0.15, -0.1) is 0 Å². The predicted molar refractivity (Wildman–Crippen MR) is 95.4 cm³/mol. The van der Waals surface area contributed by atoms with Crippen LogP contribution in [0.2, 0.25) is 0 Å². The van der Waals surface area contributed by atoms with Gasteiger partial charge in [0.15, 0.2) is 11.4 Å². The van der Waals surface area contributed by atoms with Gasteiger partial charge in [-0.1, -0.05) is 13.0 Å². The van der Waals surface area contributed by atoms with E-state index in [1.54, 1.807) is 0 Å². The Bertz CT molecular complexity index is 673. The third kappa shape index (κ3) is 2.27. The average molecular weight is 364 g/mol. The number of epoxide rings is 1. The van der Waals surface area contributed by atoms with E-state index in [4.69, 9.17) is 24.0 Å². The molecular formula is C21H32O5. The van der Waals surface area contributed by atoms with Gasteiger partial charge in [0.25, 0.3) is 0 Å². The van der Waals surface area contributed by atoms with Crippen LogP contribution in [-0.4, -0.2) is 40.4 Å². The second-order valence-corrected chi connectivity index (χ2v) is 10.4. The largest absolute Gasteiger partial charge is 0.363 e. The molecule has 7 atom stereocenters. The Kier molecular flexibility index (Phi) is 3.34. The Labute approximate surface area is 156 Å². The minimum atomic E-state index is -0.562. The van der Waals surface area contributed by atoms with E-state index in [1.807, 2.05) is 0 Å². The highest BCUT2D eigenvalue weighted by Gasteiger charge is 2.69. The molecule has 5 nitrogen and oxygen atoms in total. The molecule has 0 saturated carbocycles. The summed E-state index contributed by atoms with van der Waals surface area (Å²) in [5.41, 5.74) is -0.294. The number of rotatable bonds is 0. The van der Waals surface area contributed by atoms with Crippen molar-refractivity contribution in [2.75, 3.05) is 0 Å². The van der Waals surface area contributed by atoms with Gasteiger partial charge < -0.3 is 14.2 Å². The third-order valence-electron chi connectivity index (χ3n) is 7.52. The first-order chi connectivity index (χ1) is 12.0. The summed E-state index contributed by atoms with van der Waals surface area (Å²) in [6, 6.07) is 0. The Morgan fingerprint density at radius 2 is 1.77 bits per heavy atom. The zero-order valence-electron chi connectivity index (χ0n) is 16.9. The summed E-state index contributed by atoms with van der Waals surface area (Å²) in [6.07, 6.45) is 7.17. The van der Waals surface area contributed by atoms with Crippen LogP contribution in [0.5, 0.6) is 0 Å². The van der Waals surface area contributed by atoms with E-state index in [0.717, 1.165) is 32.1 Å². The summed E-state index contributed by atoms with van der Waals surface area (Å²) in [5.74, 6) is -0.00559. The van der Waals surface area contributed by atoms with Gasteiger partial charge in [0.2, 0.25) is 0 Å². The van der Waals surface area contributed by atoms with Gasteiger partial charge in [0.05, 0.1) is 17.3 Å². The van der Waals surface area contributed by atoms with Crippen LogP contribution >= 0.6 is 0 Å². The number of fused-ring (bicyclic) bond motifs is 5. The lowest BCUT2D eigenvalue weighted by Gasteiger charge is -2.34. The first-order valence-electron chi connectivity index (χ1n) is 10.1. The van der Waals surface area contributed by atoms with Gasteiger partial charge >= 0.3 is 0 Å². The van der Waals surface area contributed by atoms with E-state index >= 15 is 0 Å². The van der Waals surface area contributed by atoms with Gasteiger partial charge in [0.1, 0.15) is 11.7 Å². The normalized spacial score (nSPS) is 57.6. The quantitative estimate of drug-likeness (QED) is 0.369. The van der Waals surface area contributed by atoms with Crippen LogP contribution in [0.25, 0.3) is 0 Å². The molecule has 0 unspecified atom stereocenters. The molecule has 0 aromatic heterocycles. The van der Waals surface area contributed by atoms with Crippen LogP contribution in [0, 0.1) is 5.92 Å². The highest BCUT2D eigenvalue weighted by Crippen LogP contribution is 2.59. The summed E-state index contributed by atoms with van der Waals surface area (Å²) >= 11 is 0. The topological polar surface area (TPSA) is 49.5 Å². The highest BCUT2D eigenvalue weighted by molar-refractivity contribution is 5.34. The standard InChI is InChI=1S/C21H32O5/c1-13-11-14-12-19(5)16(23-19)20(6)15(17(2,3)25-26-20)7-8-18(4)9-10-21(13,22-14)24-18/h7,13-14,16H,8-12H2,1-6H3/t13-,14-,16+,18+,19+,20+,21-/m0/s1. The minimum absolute atomic E-state index is 0.00992. The van der Waals surface area contributed by atoms with Crippen molar-refractivity contribution in [1.82, 2.24) is 0 Å². The van der Waals surface area contributed by atoms with Crippen molar-refractivity contribution in [2.24, 2.45) is 5.92 Å². The predicted octanol–water partition coefficient (Wildman–Crippen LogP) is 4.05. The molecule has 5 heteroatoms. The Balaban J connectivity index is 1.57. The molecule has 5 heterocycles. The molecule has 1 spiro atoms. The first kappa shape index (κ1) is 17.6. The molecule has 0 aliphatic carbocycles. The summed E-state index contributed by atoms with van der Waals surface area (Å²) in [5, 5.41) is 0. The second-order valence-electron chi connectivity index (χ2n) is 10.4. The Morgan fingerprint density at radius 3 is 2.54 bits per heavy atom. The fraction of sp³-hybridized carbons (Fsp3) is 0.905. The lowest BCUT2D eigenvalue weighted by molar-refractivity contribution is -0.343. The van der Waals surface area contributed by atoms with Crippen LogP contribution in [0.4, 0.5) is 0 Å². The van der Waals surface area contributed by atoms with Crippen molar-refractivity contribution in [2.45, 2.75) is 114 Å². The zero-order valence-corrected chi connectivity index (χ0v) is 16.9. The number of hydrogen-bond acceptors (Lipinski definition) is 5. The molecular weight excluding hydrogens is 332 g/mol. The Hall–Kier alpha value is -0.460. The third-order valence-corrected chi connectivity index (χ3v) is 7.52. The fourth-order valence-electron chi connectivity index (χ4n) is 6.04. The van der Waals surface area contributed by atoms with Crippen LogP contribution in [0.1, 0.15) is 73.6 Å². The maximum atomic E-state index is 6.65. The van der Waals surface area contributed by atoms with Crippen molar-refractivity contribution in [1.29, 1.82) is 0 Å². The van der Waals surface area contributed by atoms with Crippen LogP contribution in [0.15, 0.2) is 11.6 Å². The van der Waals surface area contributed by atoms with E-state index < -0.39 is 17.0 Å². The second kappa shape index (κ2) is 4.93. The molecule has 26 heavy (non-hydrogen) atoms. The van der Waals surface area contributed by atoms with E-state index in [1.165, 1.54) is 5.57 Å². The van der Waals surface area contributed by atoms with Crippen molar-refractivity contribution >= 4 is 0 Å². The maximum Gasteiger partial charge on any atom is 0.172 e. The molecule has 0 amide bonds. The number of hydrogen-bond donors (Lipinski definition) is 0. The summed E-state index contributed by atoms with van der Waals surface area (Å²) in [6.45, 7) is 12.9. The number of ether oxygens (including phenoxy) is 3. The molecule has 5 aliphatic rings. The average Bonchev–Trinajstić information content (AvgIpc) is 2.82. The maximum absolute atomic E-state index is 6.65. The first-order valence-corrected chi connectivity index (χ1v) is 10.1. The molecule has 0 N–H and O–H groups in total. The molecule has 3 bridgehead atoms. The van der Waals surface area contributed by atoms with Gasteiger partial charge in [-0.25, -0.2) is 9.78 Å². The molecule has 4 fully saturated rings. The highest BCUT2D eigenvalue weighted by atomic mass is 17.2. The van der Waals surface area contributed by atoms with Crippen molar-refractivity contribution in [3.63, 3.8) is 0 Å². The van der Waals surface area contributed by atoms with Gasteiger partial charge in [-0.3, -0.25) is 0 Å². The molecule has 0 radical (unpaired) electrons. The molecule has 5 aliphatic heterocycles. The van der Waals surface area contributed by atoms with Crippen molar-refractivity contribution in [3.8, 4) is 0 Å². The molecule has 146 valence electrons. The minimum Gasteiger partial charge on any atom is -0.363 e. The lowest BCUT2D eigenvalue weighted by Crippen LogP contribution is -2.42. The SMILES string of the molecule is C[C@H]1C[C@H]2C[C@@]3(C)O[C@H]3[C@]3(C)OOC(C)(C)C3=CC[C@]3(C)CC[C@]1(O2)O3. The monoisotopic (exact) mass is 364 g/mol. The van der Waals surface area contributed by atoms with Crippen LogP contribution < -0.4 is 0 Å². The van der Waals surface area contributed by atoms with Crippen molar-refractivity contribution < 1.29 is 24.0 Å². The Morgan fingerprint density at radius 1 is 1.00 bits per heavy atom. The summed E-state index contributed by atoms with van der Waals surface area (Å²) < 4.78 is 19.4. The van der Waals surface area contributed by atoms with Crippen molar-refractivity contribution in [3.05, 3.63) is 11.6 Å². The molecule has 0 aromatic rings. The fourth-order valence-corrected chi connectivity index (χ4v) is 6.04. The van der Waals surface area contributed by atoms with E-state index in [0.29, 0.717) is 5.92 Å². The summed E-state index contributed by atoms with van der Waals surface area (Å²) in [4.78, 5) is 11.7. The van der Waals surface area contributed by atoms with Gasteiger partial charge in [-0.2, -0.15) is 0 Å². The van der Waals surface area contributed by atoms with E-state index in [2.05, 4.69) is 47.6 Å². The van der Waals surface area contributed by atoms with Crippen LogP contribution in [-0.2, 0) is 24.0 Å².